The average Bonchev–Trinajstić information content (AvgIpc) is 2.90. The molecule has 5 aromatic rings. The summed E-state index contributed by atoms with van der Waals surface area (Å²) < 4.78 is 7.66. The molecule has 5 heteroatoms. The predicted molar refractivity (Wildman–Crippen MR) is 158 cm³/mol. The molecule has 6 rings (SSSR count). The van der Waals surface area contributed by atoms with Gasteiger partial charge in [0.05, 0.1) is 14.3 Å². The number of hydrogen-bond donors (Lipinski definition) is 1. The molecular formula is C30H21ClINOSi. The Hall–Kier alpha value is -3.06. The highest BCUT2D eigenvalue weighted by Crippen LogP contribution is 2.33. The second-order valence-corrected chi connectivity index (χ2v) is 13.9. The van der Waals surface area contributed by atoms with E-state index in [0.717, 1.165) is 26.2 Å². The molecular weight excluding hydrogens is 581 g/mol. The van der Waals surface area contributed by atoms with Gasteiger partial charge in [-0.15, -0.1) is 0 Å². The molecule has 1 aliphatic heterocycles. The van der Waals surface area contributed by atoms with Crippen LogP contribution in [0.25, 0.3) is 11.1 Å². The first-order valence-electron chi connectivity index (χ1n) is 11.4. The molecule has 0 radical (unpaired) electrons. The monoisotopic (exact) mass is 601 g/mol. The van der Waals surface area contributed by atoms with Crippen molar-refractivity contribution in [1.29, 1.82) is 0 Å². The van der Waals surface area contributed by atoms with Crippen molar-refractivity contribution in [3.05, 3.63) is 124 Å². The van der Waals surface area contributed by atoms with Gasteiger partial charge in [-0.1, -0.05) is 103 Å². The third-order valence-electron chi connectivity index (χ3n) is 6.71. The molecule has 2 nitrogen and oxygen atoms in total. The van der Waals surface area contributed by atoms with Crippen LogP contribution in [0.4, 0.5) is 5.69 Å². The molecule has 0 spiro atoms. The summed E-state index contributed by atoms with van der Waals surface area (Å²) in [5.41, 5.74) is 8.74. The van der Waals surface area contributed by atoms with Crippen LogP contribution in [0.3, 0.4) is 0 Å². The van der Waals surface area contributed by atoms with Crippen LogP contribution in [-0.4, -0.2) is 8.07 Å². The minimum Gasteiger partial charge on any atom is -0.456 e. The smallest absolute Gasteiger partial charge is 0.188 e. The number of ether oxygens (including phenoxy) is 1. The molecule has 0 aliphatic carbocycles. The molecule has 0 aromatic heterocycles. The first kappa shape index (κ1) is 22.4. The molecule has 2 N–H and O–H groups in total. The molecule has 1 aliphatic rings. The van der Waals surface area contributed by atoms with Crippen LogP contribution in [0.5, 0.6) is 11.5 Å². The van der Waals surface area contributed by atoms with Gasteiger partial charge in [0.25, 0.3) is 0 Å². The lowest BCUT2D eigenvalue weighted by Crippen LogP contribution is -2.76. The molecule has 1 heterocycles. The summed E-state index contributed by atoms with van der Waals surface area (Å²) in [6.45, 7) is 0. The maximum atomic E-state index is 6.55. The molecule has 0 fully saturated rings. The Labute approximate surface area is 224 Å². The molecule has 35 heavy (non-hydrogen) atoms. The molecule has 0 bridgehead atoms. The minimum absolute atomic E-state index is 0.569. The highest BCUT2D eigenvalue weighted by molar-refractivity contribution is 14.1. The Morgan fingerprint density at radius 1 is 0.657 bits per heavy atom. The van der Waals surface area contributed by atoms with Gasteiger partial charge >= 0.3 is 0 Å². The normalized spacial score (nSPS) is 16.2. The lowest BCUT2D eigenvalue weighted by molar-refractivity contribution is 0.483. The molecule has 170 valence electrons. The van der Waals surface area contributed by atoms with Gasteiger partial charge in [0, 0.05) is 0 Å². The zero-order valence-corrected chi connectivity index (χ0v) is 22.6. The van der Waals surface area contributed by atoms with Crippen molar-refractivity contribution in [1.82, 2.24) is 0 Å². The Kier molecular flexibility index (Phi) is 5.67. The lowest BCUT2D eigenvalue weighted by Gasteiger charge is -2.40. The first-order valence-corrected chi connectivity index (χ1v) is 14.8. The average molecular weight is 602 g/mol. The van der Waals surface area contributed by atoms with Crippen LogP contribution < -0.4 is 31.2 Å². The standard InChI is InChI=1S/C30H21ClINOSi/c31-24-19-21(16-17-26(24)33)20-8-6-11-23(18-20)35(22-9-2-1-3-10-22)28-14-5-4-13-27(28)34-30-25(32)12-7-15-29(30)35/h1-19H,33H2. The van der Waals surface area contributed by atoms with Crippen LogP contribution in [0.1, 0.15) is 0 Å². The molecule has 1 atom stereocenters. The summed E-state index contributed by atoms with van der Waals surface area (Å²) in [5.74, 6) is 1.89. The molecule has 5 aromatic carbocycles. The Morgan fingerprint density at radius 2 is 1.34 bits per heavy atom. The van der Waals surface area contributed by atoms with Crippen LogP contribution in [0.2, 0.25) is 5.02 Å². The third-order valence-corrected chi connectivity index (χ3v) is 12.7. The van der Waals surface area contributed by atoms with E-state index in [1.165, 1.54) is 20.7 Å². The molecule has 0 saturated carbocycles. The summed E-state index contributed by atoms with van der Waals surface area (Å²) in [6.07, 6.45) is 0. The van der Waals surface area contributed by atoms with Crippen LogP contribution in [0, 0.1) is 3.57 Å². The number of nitrogen functional groups attached to an aromatic ring is 1. The number of hydrogen-bond acceptors (Lipinski definition) is 2. The number of nitrogens with two attached hydrogens (primary N) is 1. The van der Waals surface area contributed by atoms with Gasteiger partial charge in [-0.3, -0.25) is 0 Å². The molecule has 1 unspecified atom stereocenters. The maximum absolute atomic E-state index is 6.55. The van der Waals surface area contributed by atoms with Crippen molar-refractivity contribution in [2.45, 2.75) is 0 Å². The fourth-order valence-corrected chi connectivity index (χ4v) is 11.2. The number of fused-ring (bicyclic) bond motifs is 2. The van der Waals surface area contributed by atoms with E-state index in [0.29, 0.717) is 10.7 Å². The van der Waals surface area contributed by atoms with Gasteiger partial charge in [0.1, 0.15) is 11.5 Å². The lowest BCUT2D eigenvalue weighted by atomic mass is 10.1. The van der Waals surface area contributed by atoms with Crippen molar-refractivity contribution in [2.24, 2.45) is 0 Å². The second-order valence-electron chi connectivity index (χ2n) is 8.65. The largest absolute Gasteiger partial charge is 0.456 e. The van der Waals surface area contributed by atoms with Gasteiger partial charge in [-0.05, 0) is 78.7 Å². The van der Waals surface area contributed by atoms with Crippen molar-refractivity contribution in [2.75, 3.05) is 5.73 Å². The summed E-state index contributed by atoms with van der Waals surface area (Å²) in [5, 5.41) is 5.72. The topological polar surface area (TPSA) is 35.2 Å². The Balaban J connectivity index is 1.71. The van der Waals surface area contributed by atoms with E-state index in [2.05, 4.69) is 120 Å². The van der Waals surface area contributed by atoms with Crippen molar-refractivity contribution < 1.29 is 4.74 Å². The van der Waals surface area contributed by atoms with E-state index in [4.69, 9.17) is 22.1 Å². The summed E-state index contributed by atoms with van der Waals surface area (Å²) >= 11 is 8.78. The molecule has 0 saturated heterocycles. The SMILES string of the molecule is Nc1ccc(-c2cccc([Si]3(c4ccccc4)c4ccccc4Oc4c(I)cccc43)c2)cc1Cl. The van der Waals surface area contributed by atoms with Crippen molar-refractivity contribution in [3.63, 3.8) is 0 Å². The third kappa shape index (κ3) is 3.59. The van der Waals surface area contributed by atoms with E-state index in [-0.39, 0.29) is 0 Å². The van der Waals surface area contributed by atoms with E-state index in [1.54, 1.807) is 0 Å². The predicted octanol–water partition coefficient (Wildman–Crippen LogP) is 5.68. The second kappa shape index (κ2) is 8.86. The highest BCUT2D eigenvalue weighted by atomic mass is 127. The van der Waals surface area contributed by atoms with Crippen molar-refractivity contribution >= 4 is 68.7 Å². The van der Waals surface area contributed by atoms with Crippen LogP contribution in [0.15, 0.2) is 115 Å². The van der Waals surface area contributed by atoms with Gasteiger partial charge in [0.2, 0.25) is 0 Å². The van der Waals surface area contributed by atoms with Gasteiger partial charge in [-0.25, -0.2) is 0 Å². The number of anilines is 1. The fraction of sp³-hybridized carbons (Fsp3) is 0. The van der Waals surface area contributed by atoms with Gasteiger partial charge in [0.15, 0.2) is 8.07 Å². The number of rotatable bonds is 3. The summed E-state index contributed by atoms with van der Waals surface area (Å²) in [6, 6.07) is 40.6. The minimum atomic E-state index is -2.68. The van der Waals surface area contributed by atoms with E-state index >= 15 is 0 Å². The number of benzene rings is 5. The van der Waals surface area contributed by atoms with Gasteiger partial charge < -0.3 is 10.5 Å². The van der Waals surface area contributed by atoms with E-state index in [9.17, 15) is 0 Å². The zero-order chi connectivity index (χ0) is 24.0. The quantitative estimate of drug-likeness (QED) is 0.161. The van der Waals surface area contributed by atoms with Crippen LogP contribution >= 0.6 is 34.2 Å². The maximum Gasteiger partial charge on any atom is 0.188 e. The van der Waals surface area contributed by atoms with Crippen molar-refractivity contribution in [3.8, 4) is 22.6 Å². The zero-order valence-electron chi connectivity index (χ0n) is 18.7. The fourth-order valence-electron chi connectivity index (χ4n) is 5.14. The first-order chi connectivity index (χ1) is 17.1. The summed E-state index contributed by atoms with van der Waals surface area (Å²) in [7, 11) is -2.68. The molecule has 0 amide bonds. The van der Waals surface area contributed by atoms with Crippen LogP contribution in [-0.2, 0) is 0 Å². The number of halogens is 2. The number of para-hydroxylation sites is 2. The summed E-state index contributed by atoms with van der Waals surface area (Å²) in [4.78, 5) is 0. The van der Waals surface area contributed by atoms with E-state index in [1.807, 2.05) is 18.2 Å². The Bertz CT molecular complexity index is 1570. The van der Waals surface area contributed by atoms with Gasteiger partial charge in [-0.2, -0.15) is 0 Å². The Morgan fingerprint density at radius 3 is 2.17 bits per heavy atom. The van der Waals surface area contributed by atoms with E-state index < -0.39 is 8.07 Å². The highest BCUT2D eigenvalue weighted by Gasteiger charge is 2.48.